The average molecular weight is 258 g/mol. The second-order valence-electron chi connectivity index (χ2n) is 4.27. The molecule has 0 radical (unpaired) electrons. The molecule has 6 nitrogen and oxygen atoms in total. The number of unbranched alkanes of at least 4 members (excludes halogenated alkanes) is 1. The summed E-state index contributed by atoms with van der Waals surface area (Å²) in [6.45, 7) is 4.67. The number of esters is 3. The molecule has 18 heavy (non-hydrogen) atoms. The van der Waals surface area contributed by atoms with Crippen LogP contribution in [0.5, 0.6) is 0 Å². The van der Waals surface area contributed by atoms with Gasteiger partial charge in [-0.15, -0.1) is 0 Å². The van der Waals surface area contributed by atoms with Gasteiger partial charge in [0.05, 0.1) is 6.61 Å². The first kappa shape index (κ1) is 14.5. The fourth-order valence-electron chi connectivity index (χ4n) is 1.61. The molecule has 1 saturated carbocycles. The van der Waals surface area contributed by atoms with E-state index in [2.05, 4.69) is 0 Å². The first-order chi connectivity index (χ1) is 8.42. The standard InChI is InChI=1S/C12H18O6/c1-4-5-6-16-11(15)12(18-9(3)14)7-10(12)17-8(2)13/h10H,4-7H2,1-3H3. The van der Waals surface area contributed by atoms with Crippen LogP contribution >= 0.6 is 0 Å². The normalized spacial score (nSPS) is 25.2. The van der Waals surface area contributed by atoms with E-state index in [4.69, 9.17) is 14.2 Å². The Morgan fingerprint density at radius 3 is 2.39 bits per heavy atom. The molecular formula is C12H18O6. The van der Waals surface area contributed by atoms with Gasteiger partial charge in [0.15, 0.2) is 6.10 Å². The molecule has 0 aromatic carbocycles. The molecule has 0 saturated heterocycles. The molecule has 1 rings (SSSR count). The van der Waals surface area contributed by atoms with Crippen LogP contribution in [0.3, 0.4) is 0 Å². The summed E-state index contributed by atoms with van der Waals surface area (Å²) in [7, 11) is 0. The molecule has 102 valence electrons. The fourth-order valence-corrected chi connectivity index (χ4v) is 1.61. The summed E-state index contributed by atoms with van der Waals surface area (Å²) in [4.78, 5) is 33.7. The molecule has 1 fully saturated rings. The maximum absolute atomic E-state index is 11.8. The molecule has 0 aliphatic heterocycles. The van der Waals surface area contributed by atoms with Crippen molar-refractivity contribution in [1.82, 2.24) is 0 Å². The van der Waals surface area contributed by atoms with Gasteiger partial charge in [0.2, 0.25) is 5.60 Å². The van der Waals surface area contributed by atoms with Crippen LogP contribution in [0.25, 0.3) is 0 Å². The summed E-state index contributed by atoms with van der Waals surface area (Å²) in [5.74, 6) is -1.76. The Hall–Kier alpha value is -1.59. The number of hydrogen-bond donors (Lipinski definition) is 0. The lowest BCUT2D eigenvalue weighted by molar-refractivity contribution is -0.175. The van der Waals surface area contributed by atoms with Crippen molar-refractivity contribution in [2.45, 2.75) is 51.7 Å². The van der Waals surface area contributed by atoms with Crippen LogP contribution < -0.4 is 0 Å². The lowest BCUT2D eigenvalue weighted by Gasteiger charge is -2.15. The van der Waals surface area contributed by atoms with Gasteiger partial charge < -0.3 is 14.2 Å². The predicted molar refractivity (Wildman–Crippen MR) is 60.5 cm³/mol. The van der Waals surface area contributed by atoms with Gasteiger partial charge in [-0.05, 0) is 6.42 Å². The molecule has 6 heteroatoms. The largest absolute Gasteiger partial charge is 0.463 e. The van der Waals surface area contributed by atoms with Crippen LogP contribution in [-0.2, 0) is 28.6 Å². The van der Waals surface area contributed by atoms with Crippen LogP contribution in [0.1, 0.15) is 40.0 Å². The molecule has 1 aliphatic carbocycles. The smallest absolute Gasteiger partial charge is 0.354 e. The van der Waals surface area contributed by atoms with Gasteiger partial charge in [0, 0.05) is 20.3 Å². The molecule has 0 heterocycles. The molecule has 2 atom stereocenters. The minimum absolute atomic E-state index is 0.164. The van der Waals surface area contributed by atoms with Crippen molar-refractivity contribution in [1.29, 1.82) is 0 Å². The van der Waals surface area contributed by atoms with Crippen molar-refractivity contribution >= 4 is 17.9 Å². The zero-order valence-corrected chi connectivity index (χ0v) is 10.9. The first-order valence-electron chi connectivity index (χ1n) is 5.96. The molecule has 0 aromatic rings. The van der Waals surface area contributed by atoms with Crippen LogP contribution in [0, 0.1) is 0 Å². The Morgan fingerprint density at radius 1 is 1.22 bits per heavy atom. The van der Waals surface area contributed by atoms with Gasteiger partial charge >= 0.3 is 17.9 Å². The number of rotatable bonds is 6. The van der Waals surface area contributed by atoms with E-state index in [-0.39, 0.29) is 13.0 Å². The number of carbonyl (C=O) groups is 3. The van der Waals surface area contributed by atoms with Crippen molar-refractivity contribution < 1.29 is 28.6 Å². The molecule has 0 aromatic heterocycles. The van der Waals surface area contributed by atoms with Crippen LogP contribution in [0.2, 0.25) is 0 Å². The Bertz CT molecular complexity index is 350. The van der Waals surface area contributed by atoms with Gasteiger partial charge in [-0.1, -0.05) is 13.3 Å². The predicted octanol–water partition coefficient (Wildman–Crippen LogP) is 0.967. The second kappa shape index (κ2) is 5.84. The van der Waals surface area contributed by atoms with E-state index in [9.17, 15) is 14.4 Å². The number of hydrogen-bond acceptors (Lipinski definition) is 6. The highest BCUT2D eigenvalue weighted by atomic mass is 16.6. The van der Waals surface area contributed by atoms with E-state index in [1.54, 1.807) is 0 Å². The van der Waals surface area contributed by atoms with E-state index in [1.807, 2.05) is 6.92 Å². The number of ether oxygens (including phenoxy) is 3. The quantitative estimate of drug-likeness (QED) is 0.401. The SMILES string of the molecule is CCCCOC(=O)C1(OC(C)=O)CC1OC(C)=O. The molecule has 1 aliphatic rings. The lowest BCUT2D eigenvalue weighted by atomic mass is 10.3. The van der Waals surface area contributed by atoms with Gasteiger partial charge in [-0.25, -0.2) is 4.79 Å². The highest BCUT2D eigenvalue weighted by Crippen LogP contribution is 2.44. The van der Waals surface area contributed by atoms with Gasteiger partial charge in [0.1, 0.15) is 0 Å². The van der Waals surface area contributed by atoms with Crippen molar-refractivity contribution in [2.24, 2.45) is 0 Å². The third kappa shape index (κ3) is 3.45. The summed E-state index contributed by atoms with van der Waals surface area (Å²) in [6, 6.07) is 0. The molecular weight excluding hydrogens is 240 g/mol. The maximum atomic E-state index is 11.8. The summed E-state index contributed by atoms with van der Waals surface area (Å²) in [5.41, 5.74) is -1.43. The minimum atomic E-state index is -1.43. The summed E-state index contributed by atoms with van der Waals surface area (Å²) < 4.78 is 14.9. The third-order valence-electron chi connectivity index (χ3n) is 2.56. The zero-order valence-electron chi connectivity index (χ0n) is 10.9. The average Bonchev–Trinajstić information content (AvgIpc) is 2.90. The summed E-state index contributed by atoms with van der Waals surface area (Å²) in [5, 5.41) is 0. The molecule has 2 unspecified atom stereocenters. The van der Waals surface area contributed by atoms with Crippen molar-refractivity contribution in [3.05, 3.63) is 0 Å². The Morgan fingerprint density at radius 2 is 1.89 bits per heavy atom. The lowest BCUT2D eigenvalue weighted by Crippen LogP contribution is -2.35. The van der Waals surface area contributed by atoms with Crippen molar-refractivity contribution in [2.75, 3.05) is 6.61 Å². The minimum Gasteiger partial charge on any atom is -0.463 e. The highest BCUT2D eigenvalue weighted by Gasteiger charge is 2.68. The fraction of sp³-hybridized carbons (Fsp3) is 0.750. The van der Waals surface area contributed by atoms with E-state index in [0.29, 0.717) is 0 Å². The first-order valence-corrected chi connectivity index (χ1v) is 5.96. The Labute approximate surface area is 106 Å². The van der Waals surface area contributed by atoms with Crippen LogP contribution in [0.15, 0.2) is 0 Å². The zero-order chi connectivity index (χ0) is 13.8. The Balaban J connectivity index is 2.60. The van der Waals surface area contributed by atoms with Crippen molar-refractivity contribution in [3.63, 3.8) is 0 Å². The molecule has 0 spiro atoms. The third-order valence-corrected chi connectivity index (χ3v) is 2.56. The Kier molecular flexibility index (Phi) is 4.69. The van der Waals surface area contributed by atoms with Gasteiger partial charge in [-0.3, -0.25) is 9.59 Å². The van der Waals surface area contributed by atoms with E-state index in [1.165, 1.54) is 13.8 Å². The second-order valence-corrected chi connectivity index (χ2v) is 4.27. The molecule has 0 amide bonds. The van der Waals surface area contributed by atoms with E-state index < -0.39 is 29.6 Å². The summed E-state index contributed by atoms with van der Waals surface area (Å²) >= 11 is 0. The van der Waals surface area contributed by atoms with E-state index in [0.717, 1.165) is 12.8 Å². The molecule has 0 bridgehead atoms. The van der Waals surface area contributed by atoms with E-state index >= 15 is 0 Å². The molecule has 0 N–H and O–H groups in total. The topological polar surface area (TPSA) is 78.9 Å². The van der Waals surface area contributed by atoms with Crippen LogP contribution in [-0.4, -0.2) is 36.2 Å². The maximum Gasteiger partial charge on any atom is 0.354 e. The van der Waals surface area contributed by atoms with Gasteiger partial charge in [0.25, 0.3) is 0 Å². The van der Waals surface area contributed by atoms with Crippen molar-refractivity contribution in [3.8, 4) is 0 Å². The van der Waals surface area contributed by atoms with Gasteiger partial charge in [-0.2, -0.15) is 0 Å². The van der Waals surface area contributed by atoms with Crippen LogP contribution in [0.4, 0.5) is 0 Å². The highest BCUT2D eigenvalue weighted by molar-refractivity contribution is 5.88. The number of carbonyl (C=O) groups excluding carboxylic acids is 3. The monoisotopic (exact) mass is 258 g/mol. The summed E-state index contributed by atoms with van der Waals surface area (Å²) in [6.07, 6.45) is 1.06.